The highest BCUT2D eigenvalue weighted by molar-refractivity contribution is 5.51. The highest BCUT2D eigenvalue weighted by Crippen LogP contribution is 2.40. The van der Waals surface area contributed by atoms with Crippen molar-refractivity contribution < 1.29 is 9.47 Å². The molecule has 86 valence electrons. The van der Waals surface area contributed by atoms with Gasteiger partial charge in [-0.1, -0.05) is 6.07 Å². The van der Waals surface area contributed by atoms with E-state index in [1.807, 2.05) is 6.07 Å². The third-order valence-electron chi connectivity index (χ3n) is 3.50. The predicted molar refractivity (Wildman–Crippen MR) is 62.0 cm³/mol. The zero-order valence-corrected chi connectivity index (χ0v) is 9.58. The Bertz CT molecular complexity index is 424. The van der Waals surface area contributed by atoms with E-state index in [0.717, 1.165) is 30.8 Å². The van der Waals surface area contributed by atoms with Crippen molar-refractivity contribution in [1.82, 2.24) is 0 Å². The van der Waals surface area contributed by atoms with Crippen LogP contribution < -0.4 is 15.2 Å². The van der Waals surface area contributed by atoms with E-state index in [0.29, 0.717) is 13.2 Å². The molecule has 16 heavy (non-hydrogen) atoms. The van der Waals surface area contributed by atoms with E-state index < -0.39 is 0 Å². The number of nitrogens with two attached hydrogens (primary N) is 1. The molecule has 1 aliphatic heterocycles. The topological polar surface area (TPSA) is 44.5 Å². The second kappa shape index (κ2) is 3.39. The van der Waals surface area contributed by atoms with Crippen LogP contribution in [-0.4, -0.2) is 18.8 Å². The van der Waals surface area contributed by atoms with Crippen LogP contribution in [0.1, 0.15) is 24.0 Å². The van der Waals surface area contributed by atoms with Gasteiger partial charge >= 0.3 is 0 Å². The highest BCUT2D eigenvalue weighted by atomic mass is 16.6. The molecule has 0 radical (unpaired) electrons. The second-order valence-electron chi connectivity index (χ2n) is 4.91. The highest BCUT2D eigenvalue weighted by Gasteiger charge is 2.38. The zero-order chi connectivity index (χ0) is 11.2. The van der Waals surface area contributed by atoms with Crippen molar-refractivity contribution in [3.05, 3.63) is 23.3 Å². The quantitative estimate of drug-likeness (QED) is 0.825. The molecule has 0 atom stereocenters. The smallest absolute Gasteiger partial charge is 0.164 e. The number of hydrogen-bond donors (Lipinski definition) is 1. The van der Waals surface area contributed by atoms with Crippen molar-refractivity contribution >= 4 is 0 Å². The lowest BCUT2D eigenvalue weighted by atomic mass is 9.99. The Morgan fingerprint density at radius 2 is 2.00 bits per heavy atom. The van der Waals surface area contributed by atoms with E-state index in [4.69, 9.17) is 15.2 Å². The predicted octanol–water partition coefficient (Wildman–Crippen LogP) is 1.80. The summed E-state index contributed by atoms with van der Waals surface area (Å²) in [5, 5.41) is 0. The second-order valence-corrected chi connectivity index (χ2v) is 4.91. The molecular formula is C13H17NO2. The first-order valence-corrected chi connectivity index (χ1v) is 5.85. The minimum absolute atomic E-state index is 0.0501. The normalized spacial score (nSPS) is 20.6. The lowest BCUT2D eigenvalue weighted by Crippen LogP contribution is -2.25. The summed E-state index contributed by atoms with van der Waals surface area (Å²) >= 11 is 0. The summed E-state index contributed by atoms with van der Waals surface area (Å²) in [6.07, 6.45) is 3.23. The van der Waals surface area contributed by atoms with E-state index in [1.165, 1.54) is 11.1 Å². The lowest BCUT2D eigenvalue weighted by molar-refractivity contribution is 0.170. The third kappa shape index (κ3) is 1.65. The summed E-state index contributed by atoms with van der Waals surface area (Å²) in [6.45, 7) is 3.38. The molecule has 1 aromatic rings. The van der Waals surface area contributed by atoms with Crippen LogP contribution in [0.4, 0.5) is 0 Å². The molecule has 1 heterocycles. The fourth-order valence-corrected chi connectivity index (χ4v) is 2.20. The molecule has 1 aromatic carbocycles. The van der Waals surface area contributed by atoms with Gasteiger partial charge in [-0.05, 0) is 43.4 Å². The summed E-state index contributed by atoms with van der Waals surface area (Å²) in [5.74, 6) is 1.78. The molecule has 1 fully saturated rings. The Labute approximate surface area is 95.5 Å². The Morgan fingerprint density at radius 1 is 1.25 bits per heavy atom. The van der Waals surface area contributed by atoms with Gasteiger partial charge in [0.25, 0.3) is 0 Å². The van der Waals surface area contributed by atoms with Crippen molar-refractivity contribution in [2.75, 3.05) is 13.2 Å². The van der Waals surface area contributed by atoms with Crippen LogP contribution in [0.2, 0.25) is 0 Å². The van der Waals surface area contributed by atoms with Crippen LogP contribution in [0.25, 0.3) is 0 Å². The van der Waals surface area contributed by atoms with Crippen molar-refractivity contribution in [3.63, 3.8) is 0 Å². The van der Waals surface area contributed by atoms with Gasteiger partial charge in [0, 0.05) is 5.54 Å². The average Bonchev–Trinajstić information content (AvgIpc) is 3.01. The molecule has 3 heteroatoms. The minimum Gasteiger partial charge on any atom is -0.486 e. The number of fused-ring (bicyclic) bond motifs is 1. The maximum Gasteiger partial charge on any atom is 0.164 e. The average molecular weight is 219 g/mol. The van der Waals surface area contributed by atoms with Gasteiger partial charge in [0.2, 0.25) is 0 Å². The monoisotopic (exact) mass is 219 g/mol. The van der Waals surface area contributed by atoms with Crippen LogP contribution >= 0.6 is 0 Å². The molecule has 2 N–H and O–H groups in total. The maximum atomic E-state index is 6.15. The van der Waals surface area contributed by atoms with Gasteiger partial charge in [0.15, 0.2) is 11.5 Å². The molecular weight excluding hydrogens is 202 g/mol. The first kappa shape index (κ1) is 9.97. The summed E-state index contributed by atoms with van der Waals surface area (Å²) < 4.78 is 11.2. The third-order valence-corrected chi connectivity index (χ3v) is 3.50. The van der Waals surface area contributed by atoms with E-state index in [9.17, 15) is 0 Å². The molecule has 1 aliphatic carbocycles. The van der Waals surface area contributed by atoms with Gasteiger partial charge in [0.05, 0.1) is 0 Å². The van der Waals surface area contributed by atoms with Crippen molar-refractivity contribution in [2.24, 2.45) is 5.73 Å². The van der Waals surface area contributed by atoms with Gasteiger partial charge in [0.1, 0.15) is 13.2 Å². The number of rotatable bonds is 2. The Morgan fingerprint density at radius 3 is 2.75 bits per heavy atom. The Hall–Kier alpha value is -1.22. The van der Waals surface area contributed by atoms with E-state index in [2.05, 4.69) is 13.0 Å². The molecule has 0 saturated heterocycles. The van der Waals surface area contributed by atoms with Gasteiger partial charge in [-0.2, -0.15) is 0 Å². The molecule has 0 bridgehead atoms. The van der Waals surface area contributed by atoms with Gasteiger partial charge in [-0.3, -0.25) is 0 Å². The van der Waals surface area contributed by atoms with Crippen LogP contribution in [0.15, 0.2) is 12.1 Å². The van der Waals surface area contributed by atoms with Crippen molar-refractivity contribution in [2.45, 2.75) is 31.7 Å². The fourth-order valence-electron chi connectivity index (χ4n) is 2.20. The zero-order valence-electron chi connectivity index (χ0n) is 9.58. The minimum atomic E-state index is 0.0501. The number of benzene rings is 1. The molecule has 1 saturated carbocycles. The van der Waals surface area contributed by atoms with Gasteiger partial charge in [-0.25, -0.2) is 0 Å². The molecule has 3 rings (SSSR count). The van der Waals surface area contributed by atoms with Crippen molar-refractivity contribution in [3.8, 4) is 11.5 Å². The van der Waals surface area contributed by atoms with Crippen LogP contribution in [0.3, 0.4) is 0 Å². The van der Waals surface area contributed by atoms with E-state index in [-0.39, 0.29) is 5.54 Å². The Kier molecular flexibility index (Phi) is 2.11. The summed E-state index contributed by atoms with van der Waals surface area (Å²) in [4.78, 5) is 0. The largest absolute Gasteiger partial charge is 0.486 e. The molecule has 0 aromatic heterocycles. The maximum absolute atomic E-state index is 6.15. The summed E-state index contributed by atoms with van der Waals surface area (Å²) in [5.41, 5.74) is 8.69. The number of ether oxygens (including phenoxy) is 2. The molecule has 3 nitrogen and oxygen atoms in total. The molecule has 0 spiro atoms. The molecule has 0 amide bonds. The standard InChI is InChI=1S/C13H17NO2/c1-9-10(8-13(14)4-5-13)2-3-11-12(9)16-7-6-15-11/h2-3H,4-8,14H2,1H3. The first-order valence-electron chi connectivity index (χ1n) is 5.85. The summed E-state index contributed by atoms with van der Waals surface area (Å²) in [7, 11) is 0. The van der Waals surface area contributed by atoms with E-state index >= 15 is 0 Å². The van der Waals surface area contributed by atoms with Gasteiger partial charge in [-0.15, -0.1) is 0 Å². The summed E-state index contributed by atoms with van der Waals surface area (Å²) in [6, 6.07) is 4.12. The van der Waals surface area contributed by atoms with Crippen LogP contribution in [-0.2, 0) is 6.42 Å². The van der Waals surface area contributed by atoms with Gasteiger partial charge < -0.3 is 15.2 Å². The van der Waals surface area contributed by atoms with Crippen molar-refractivity contribution in [1.29, 1.82) is 0 Å². The Balaban J connectivity index is 1.94. The van der Waals surface area contributed by atoms with Crippen LogP contribution in [0, 0.1) is 6.92 Å². The lowest BCUT2D eigenvalue weighted by Gasteiger charge is -2.22. The first-order chi connectivity index (χ1) is 7.68. The van der Waals surface area contributed by atoms with Crippen LogP contribution in [0.5, 0.6) is 11.5 Å². The molecule has 0 unspecified atom stereocenters. The number of hydrogen-bond acceptors (Lipinski definition) is 3. The SMILES string of the molecule is Cc1c(CC2(N)CC2)ccc2c1OCCO2. The fraction of sp³-hybridized carbons (Fsp3) is 0.538. The molecule has 2 aliphatic rings. The van der Waals surface area contributed by atoms with E-state index in [1.54, 1.807) is 0 Å².